The van der Waals surface area contributed by atoms with Gasteiger partial charge in [0.05, 0.1) is 0 Å². The summed E-state index contributed by atoms with van der Waals surface area (Å²) >= 11 is 5.96. The normalized spacial score (nSPS) is 11.4. The zero-order valence-electron chi connectivity index (χ0n) is 14.7. The van der Waals surface area contributed by atoms with Crippen LogP contribution in [0.3, 0.4) is 0 Å². The van der Waals surface area contributed by atoms with E-state index >= 15 is 0 Å². The van der Waals surface area contributed by atoms with E-state index in [9.17, 15) is 4.79 Å². The Balaban J connectivity index is 1.73. The molecule has 0 bridgehead atoms. The first-order chi connectivity index (χ1) is 13.7. The lowest BCUT2D eigenvalue weighted by atomic mass is 10.3. The molecule has 1 N–H and O–H groups in total. The zero-order chi connectivity index (χ0) is 19.6. The Hall–Kier alpha value is -3.58. The first-order valence-corrected chi connectivity index (χ1v) is 8.68. The minimum atomic E-state index is -0.373. The largest absolute Gasteiger partial charge is 0.485 e. The Bertz CT molecular complexity index is 978. The quantitative estimate of drug-likeness (QED) is 0.395. The second kappa shape index (κ2) is 9.94. The number of halogens is 1. The van der Waals surface area contributed by atoms with Crippen molar-refractivity contribution < 1.29 is 9.53 Å². The highest BCUT2D eigenvalue weighted by atomic mass is 35.5. The van der Waals surface area contributed by atoms with Gasteiger partial charge in [-0.05, 0) is 48.0 Å². The van der Waals surface area contributed by atoms with E-state index in [0.29, 0.717) is 16.3 Å². The number of amides is 1. The molecule has 3 rings (SSSR count). The zero-order valence-corrected chi connectivity index (χ0v) is 15.5. The number of hydrazone groups is 1. The van der Waals surface area contributed by atoms with E-state index in [4.69, 9.17) is 16.3 Å². The van der Waals surface area contributed by atoms with Gasteiger partial charge in [0.2, 0.25) is 0 Å². The van der Waals surface area contributed by atoms with Crippen LogP contribution in [0.4, 0.5) is 0 Å². The smallest absolute Gasteiger partial charge is 0.271 e. The number of aliphatic imine (C=N–C) groups is 1. The number of hydrogen-bond donors (Lipinski definition) is 1. The number of nitrogens with zero attached hydrogens (tertiary/aromatic N) is 4. The van der Waals surface area contributed by atoms with E-state index < -0.39 is 0 Å². The van der Waals surface area contributed by atoms with Gasteiger partial charge >= 0.3 is 0 Å². The number of hydrogen-bond acceptors (Lipinski definition) is 5. The highest BCUT2D eigenvalue weighted by molar-refractivity contribution is 6.30. The molecule has 2 aromatic heterocycles. The molecule has 28 heavy (non-hydrogen) atoms. The number of benzene rings is 1. The fraction of sp³-hybridized carbons (Fsp3) is 0.0500. The molecule has 0 saturated heterocycles. The second-order valence-electron chi connectivity index (χ2n) is 5.49. The van der Waals surface area contributed by atoms with E-state index in [0.717, 1.165) is 5.56 Å². The molecule has 1 amide bonds. The third-order valence-corrected chi connectivity index (χ3v) is 3.70. The number of ether oxygens (including phenoxy) is 1. The van der Waals surface area contributed by atoms with E-state index in [-0.39, 0.29) is 18.3 Å². The van der Waals surface area contributed by atoms with Crippen LogP contribution in [0.5, 0.6) is 5.75 Å². The summed E-state index contributed by atoms with van der Waals surface area (Å²) in [5.74, 6) is 0.473. The van der Waals surface area contributed by atoms with Crippen LogP contribution in [0.1, 0.15) is 15.9 Å². The van der Waals surface area contributed by atoms with Gasteiger partial charge in [-0.15, -0.1) is 0 Å². The Morgan fingerprint density at radius 3 is 2.50 bits per heavy atom. The van der Waals surface area contributed by atoms with Gasteiger partial charge in [0, 0.05) is 41.6 Å². The molecule has 0 saturated carbocycles. The number of pyridine rings is 2. The molecule has 1 aromatic carbocycles. The molecule has 140 valence electrons. The fourth-order valence-electron chi connectivity index (χ4n) is 2.08. The molecular weight excluding hydrogens is 378 g/mol. The van der Waals surface area contributed by atoms with Crippen LogP contribution < -0.4 is 10.2 Å². The molecule has 8 heteroatoms. The number of aromatic nitrogens is 2. The summed E-state index contributed by atoms with van der Waals surface area (Å²) in [5, 5.41) is 4.64. The number of carbonyl (C=O) groups excluding carboxylic acids is 1. The molecule has 0 unspecified atom stereocenters. The van der Waals surface area contributed by atoms with Gasteiger partial charge in [-0.2, -0.15) is 5.10 Å². The molecule has 0 fully saturated rings. The lowest BCUT2D eigenvalue weighted by molar-refractivity contribution is 0.0954. The van der Waals surface area contributed by atoms with Crippen molar-refractivity contribution in [1.29, 1.82) is 0 Å². The first-order valence-electron chi connectivity index (χ1n) is 8.30. The number of carbonyl (C=O) groups is 1. The van der Waals surface area contributed by atoms with Crippen LogP contribution in [-0.2, 0) is 0 Å². The molecule has 0 radical (unpaired) electrons. The van der Waals surface area contributed by atoms with Gasteiger partial charge in [-0.3, -0.25) is 14.8 Å². The summed E-state index contributed by atoms with van der Waals surface area (Å²) in [6.07, 6.45) is 7.99. The van der Waals surface area contributed by atoms with Gasteiger partial charge in [0.1, 0.15) is 12.4 Å². The van der Waals surface area contributed by atoms with E-state index in [1.807, 2.05) is 0 Å². The minimum Gasteiger partial charge on any atom is -0.485 e. The van der Waals surface area contributed by atoms with Crippen LogP contribution in [0, 0.1) is 0 Å². The summed E-state index contributed by atoms with van der Waals surface area (Å²) in [6.45, 7) is 0.0402. The van der Waals surface area contributed by atoms with Crippen molar-refractivity contribution in [1.82, 2.24) is 15.4 Å². The highest BCUT2D eigenvalue weighted by Gasteiger charge is 2.05. The molecule has 2 heterocycles. The predicted octanol–water partition coefficient (Wildman–Crippen LogP) is 3.37. The predicted molar refractivity (Wildman–Crippen MR) is 108 cm³/mol. The summed E-state index contributed by atoms with van der Waals surface area (Å²) in [5.41, 5.74) is 3.75. The van der Waals surface area contributed by atoms with Gasteiger partial charge in [-0.1, -0.05) is 17.7 Å². The Labute approximate surface area is 166 Å². The van der Waals surface area contributed by atoms with Crippen molar-refractivity contribution in [3.8, 4) is 5.75 Å². The SMILES string of the molecule is O=C(N/N=C(\COc1cccc(Cl)c1)N=Cc1ccncc1)c1ccncc1. The minimum absolute atomic E-state index is 0.0402. The van der Waals surface area contributed by atoms with Gasteiger partial charge in [-0.25, -0.2) is 10.4 Å². The van der Waals surface area contributed by atoms with Crippen LogP contribution in [0.15, 0.2) is 83.4 Å². The monoisotopic (exact) mass is 393 g/mol. The molecular formula is C20H16ClN5O2. The summed E-state index contributed by atoms with van der Waals surface area (Å²) in [6, 6.07) is 13.8. The third kappa shape index (κ3) is 6.00. The van der Waals surface area contributed by atoms with Crippen LogP contribution in [0.2, 0.25) is 5.02 Å². The maximum absolute atomic E-state index is 12.2. The second-order valence-corrected chi connectivity index (χ2v) is 5.93. The van der Waals surface area contributed by atoms with E-state index in [1.54, 1.807) is 67.1 Å². The van der Waals surface area contributed by atoms with Crippen molar-refractivity contribution in [3.63, 3.8) is 0 Å². The van der Waals surface area contributed by atoms with Crippen LogP contribution >= 0.6 is 11.6 Å². The molecule has 0 atom stereocenters. The molecule has 0 aliphatic rings. The fourth-order valence-corrected chi connectivity index (χ4v) is 2.27. The van der Waals surface area contributed by atoms with Gasteiger partial charge in [0.25, 0.3) is 5.91 Å². The van der Waals surface area contributed by atoms with Gasteiger partial charge < -0.3 is 4.74 Å². The van der Waals surface area contributed by atoms with Crippen molar-refractivity contribution in [2.75, 3.05) is 6.61 Å². The number of rotatable bonds is 6. The number of nitrogens with one attached hydrogen (secondary N) is 1. The molecule has 0 aliphatic carbocycles. The lowest BCUT2D eigenvalue weighted by Crippen LogP contribution is -2.21. The highest BCUT2D eigenvalue weighted by Crippen LogP contribution is 2.17. The standard InChI is InChI=1S/C20H16ClN5O2/c21-17-2-1-3-18(12-17)28-14-19(24-13-15-4-8-22-9-5-15)25-26-20(27)16-6-10-23-11-7-16/h1-13H,14H2,(H,26,27)/b24-13?,25-19+. The molecule has 0 spiro atoms. The molecule has 0 aliphatic heterocycles. The summed E-state index contributed by atoms with van der Waals surface area (Å²) in [7, 11) is 0. The van der Waals surface area contributed by atoms with Gasteiger partial charge in [0.15, 0.2) is 5.84 Å². The average molecular weight is 394 g/mol. The van der Waals surface area contributed by atoms with Crippen molar-refractivity contribution >= 4 is 29.6 Å². The maximum atomic E-state index is 12.2. The Kier molecular flexibility index (Phi) is 6.81. The number of amidine groups is 1. The summed E-state index contributed by atoms with van der Waals surface area (Å²) < 4.78 is 5.67. The third-order valence-electron chi connectivity index (χ3n) is 3.46. The van der Waals surface area contributed by atoms with Crippen molar-refractivity contribution in [3.05, 3.63) is 89.5 Å². The molecule has 7 nitrogen and oxygen atoms in total. The van der Waals surface area contributed by atoms with Crippen molar-refractivity contribution in [2.45, 2.75) is 0 Å². The average Bonchev–Trinajstić information content (AvgIpc) is 2.74. The first kappa shape index (κ1) is 19.2. The van der Waals surface area contributed by atoms with Crippen LogP contribution in [0.25, 0.3) is 0 Å². The van der Waals surface area contributed by atoms with E-state index in [2.05, 4.69) is 25.5 Å². The Morgan fingerprint density at radius 2 is 1.79 bits per heavy atom. The topological polar surface area (TPSA) is 88.8 Å². The molecule has 3 aromatic rings. The van der Waals surface area contributed by atoms with Crippen molar-refractivity contribution in [2.24, 2.45) is 10.1 Å². The van der Waals surface area contributed by atoms with E-state index in [1.165, 1.54) is 12.4 Å². The maximum Gasteiger partial charge on any atom is 0.271 e. The Morgan fingerprint density at radius 1 is 1.07 bits per heavy atom. The van der Waals surface area contributed by atoms with Crippen LogP contribution in [-0.4, -0.2) is 34.5 Å². The summed E-state index contributed by atoms with van der Waals surface area (Å²) in [4.78, 5) is 24.3. The lowest BCUT2D eigenvalue weighted by Gasteiger charge is -2.07.